The maximum Gasteiger partial charge on any atom is 0.123 e. The highest BCUT2D eigenvalue weighted by Gasteiger charge is 2.00. The number of methoxy groups -OCH3 is 1. The smallest absolute Gasteiger partial charge is 0.123 e. The zero-order chi connectivity index (χ0) is 8.27. The van der Waals surface area contributed by atoms with Gasteiger partial charge in [0.2, 0.25) is 0 Å². The Morgan fingerprint density at radius 3 is 2.82 bits per heavy atom. The van der Waals surface area contributed by atoms with Gasteiger partial charge in [-0.25, -0.2) is 4.39 Å². The van der Waals surface area contributed by atoms with Crippen molar-refractivity contribution in [3.8, 4) is 5.75 Å². The molecule has 0 aliphatic heterocycles. The Bertz CT molecular complexity index is 250. The fourth-order valence-corrected chi connectivity index (χ4v) is 0.907. The number of hydrogen-bond acceptors (Lipinski definition) is 1. The van der Waals surface area contributed by atoms with E-state index < -0.39 is 0 Å². The Morgan fingerprint density at radius 1 is 1.55 bits per heavy atom. The summed E-state index contributed by atoms with van der Waals surface area (Å²) < 4.78 is 17.5. The summed E-state index contributed by atoms with van der Waals surface area (Å²) >= 11 is 0. The van der Waals surface area contributed by atoms with Gasteiger partial charge in [0.25, 0.3) is 0 Å². The van der Waals surface area contributed by atoms with E-state index in [1.165, 1.54) is 19.2 Å². The molecule has 1 nitrogen and oxygen atoms in total. The second kappa shape index (κ2) is 3.42. The molecule has 0 unspecified atom stereocenters. The van der Waals surface area contributed by atoms with Gasteiger partial charge in [0.05, 0.1) is 15.0 Å². The first-order valence-corrected chi connectivity index (χ1v) is 3.30. The molecule has 0 bridgehead atoms. The van der Waals surface area contributed by atoms with Gasteiger partial charge >= 0.3 is 0 Å². The maximum absolute atomic E-state index is 12.6. The van der Waals surface area contributed by atoms with Crippen molar-refractivity contribution in [1.29, 1.82) is 0 Å². The molecule has 0 fully saturated rings. The van der Waals surface area contributed by atoms with Gasteiger partial charge in [-0.1, -0.05) is 6.32 Å². The molecule has 56 valence electrons. The van der Waals surface area contributed by atoms with Crippen LogP contribution in [0, 0.1) is 5.82 Å². The van der Waals surface area contributed by atoms with E-state index in [9.17, 15) is 4.39 Å². The fraction of sp³-hybridized carbons (Fsp3) is 0.250. The largest absolute Gasteiger partial charge is 0.497 e. The van der Waals surface area contributed by atoms with E-state index in [0.717, 1.165) is 0 Å². The van der Waals surface area contributed by atoms with Crippen molar-refractivity contribution in [2.75, 3.05) is 7.11 Å². The van der Waals surface area contributed by atoms with Crippen LogP contribution in [0.3, 0.4) is 0 Å². The minimum absolute atomic E-state index is 0.286. The number of hydrogen-bond donors (Lipinski definition) is 0. The molecule has 2 radical (unpaired) electrons. The lowest BCUT2D eigenvalue weighted by Gasteiger charge is -2.05. The van der Waals surface area contributed by atoms with E-state index in [-0.39, 0.29) is 5.82 Å². The van der Waals surface area contributed by atoms with Crippen LogP contribution < -0.4 is 4.74 Å². The third-order valence-electron chi connectivity index (χ3n) is 1.46. The van der Waals surface area contributed by atoms with Crippen LogP contribution in [-0.4, -0.2) is 15.0 Å². The van der Waals surface area contributed by atoms with Gasteiger partial charge in [-0.15, -0.1) is 0 Å². The number of rotatable bonds is 2. The average Bonchev–Trinajstić information content (AvgIpc) is 2.04. The Kier molecular flexibility index (Phi) is 2.52. The summed E-state index contributed by atoms with van der Waals surface area (Å²) in [7, 11) is 6.88. The Labute approximate surface area is 66.6 Å². The summed E-state index contributed by atoms with van der Waals surface area (Å²) in [4.78, 5) is 0. The van der Waals surface area contributed by atoms with Crippen molar-refractivity contribution >= 4 is 7.85 Å². The summed E-state index contributed by atoms with van der Waals surface area (Å²) in [6, 6.07) is 4.29. The monoisotopic (exact) mass is 150 g/mol. The zero-order valence-corrected chi connectivity index (χ0v) is 6.30. The second-order valence-electron chi connectivity index (χ2n) is 2.16. The van der Waals surface area contributed by atoms with Crippen LogP contribution in [0.1, 0.15) is 5.56 Å². The third kappa shape index (κ3) is 1.73. The quantitative estimate of drug-likeness (QED) is 0.580. The number of ether oxygens (including phenoxy) is 1. The van der Waals surface area contributed by atoms with Crippen molar-refractivity contribution in [2.24, 2.45) is 0 Å². The summed E-state index contributed by atoms with van der Waals surface area (Å²) in [6.45, 7) is 0. The van der Waals surface area contributed by atoms with Gasteiger partial charge in [0, 0.05) is 0 Å². The van der Waals surface area contributed by atoms with Gasteiger partial charge in [-0.3, -0.25) is 0 Å². The minimum Gasteiger partial charge on any atom is -0.497 e. The second-order valence-corrected chi connectivity index (χ2v) is 2.16. The molecule has 0 atom stereocenters. The van der Waals surface area contributed by atoms with Crippen LogP contribution in [0.25, 0.3) is 0 Å². The predicted octanol–water partition coefficient (Wildman–Crippen LogP) is 1.50. The van der Waals surface area contributed by atoms with E-state index in [0.29, 0.717) is 17.6 Å². The molecule has 3 heteroatoms. The molecule has 0 aliphatic rings. The Morgan fingerprint density at radius 2 is 2.27 bits per heavy atom. The first-order valence-electron chi connectivity index (χ1n) is 3.30. The molecule has 0 saturated heterocycles. The standard InChI is InChI=1S/C8H8BFO/c1-11-8-3-2-7(10)4-6(8)5-9/h2-4H,5H2,1H3. The first-order chi connectivity index (χ1) is 5.27. The lowest BCUT2D eigenvalue weighted by molar-refractivity contribution is 0.410. The normalized spacial score (nSPS) is 9.64. The van der Waals surface area contributed by atoms with Crippen molar-refractivity contribution in [1.82, 2.24) is 0 Å². The summed E-state index contributed by atoms with van der Waals surface area (Å²) in [6.07, 6.45) is 0.293. The van der Waals surface area contributed by atoms with Crippen LogP contribution in [0.4, 0.5) is 4.39 Å². The molecule has 0 aromatic heterocycles. The van der Waals surface area contributed by atoms with E-state index >= 15 is 0 Å². The van der Waals surface area contributed by atoms with Crippen LogP contribution >= 0.6 is 0 Å². The predicted molar refractivity (Wildman–Crippen MR) is 42.4 cm³/mol. The van der Waals surface area contributed by atoms with Crippen molar-refractivity contribution in [3.05, 3.63) is 29.6 Å². The van der Waals surface area contributed by atoms with Crippen LogP contribution in [0.5, 0.6) is 5.75 Å². The van der Waals surface area contributed by atoms with Gasteiger partial charge in [-0.05, 0) is 23.8 Å². The molecule has 1 rings (SSSR count). The highest BCUT2D eigenvalue weighted by atomic mass is 19.1. The molecule has 0 amide bonds. The van der Waals surface area contributed by atoms with Gasteiger partial charge < -0.3 is 4.74 Å². The molecule has 0 saturated carbocycles. The van der Waals surface area contributed by atoms with Gasteiger partial charge in [0.1, 0.15) is 11.6 Å². The van der Waals surface area contributed by atoms with Crippen molar-refractivity contribution in [2.45, 2.75) is 6.32 Å². The molecule has 0 N–H and O–H groups in total. The van der Waals surface area contributed by atoms with Crippen molar-refractivity contribution in [3.63, 3.8) is 0 Å². The molecule has 11 heavy (non-hydrogen) atoms. The molecule has 0 spiro atoms. The summed E-state index contributed by atoms with van der Waals surface area (Å²) in [5, 5.41) is 0. The topological polar surface area (TPSA) is 9.23 Å². The third-order valence-corrected chi connectivity index (χ3v) is 1.46. The molecule has 0 heterocycles. The highest BCUT2D eigenvalue weighted by molar-refractivity contribution is 6.08. The molecular formula is C8H8BFO. The zero-order valence-electron chi connectivity index (χ0n) is 6.30. The Balaban J connectivity index is 3.06. The van der Waals surface area contributed by atoms with Crippen LogP contribution in [0.15, 0.2) is 18.2 Å². The van der Waals surface area contributed by atoms with Crippen LogP contribution in [-0.2, 0) is 6.32 Å². The first kappa shape index (κ1) is 8.11. The SMILES string of the molecule is [B]Cc1cc(F)ccc1OC. The fourth-order valence-electron chi connectivity index (χ4n) is 0.907. The van der Waals surface area contributed by atoms with E-state index in [4.69, 9.17) is 12.6 Å². The lowest BCUT2D eigenvalue weighted by Crippen LogP contribution is -1.92. The van der Waals surface area contributed by atoms with E-state index in [2.05, 4.69) is 0 Å². The molecule has 0 aliphatic carbocycles. The average molecular weight is 150 g/mol. The maximum atomic E-state index is 12.6. The summed E-state index contributed by atoms with van der Waals surface area (Å²) in [5.74, 6) is 0.347. The molecule has 1 aromatic rings. The van der Waals surface area contributed by atoms with E-state index in [1.807, 2.05) is 0 Å². The van der Waals surface area contributed by atoms with Gasteiger partial charge in [-0.2, -0.15) is 0 Å². The number of halogens is 1. The lowest BCUT2D eigenvalue weighted by atomic mass is 9.96. The number of benzene rings is 1. The van der Waals surface area contributed by atoms with E-state index in [1.54, 1.807) is 6.07 Å². The summed E-state index contributed by atoms with van der Waals surface area (Å²) in [5.41, 5.74) is 0.688. The van der Waals surface area contributed by atoms with Crippen LogP contribution in [0.2, 0.25) is 0 Å². The van der Waals surface area contributed by atoms with Gasteiger partial charge in [0.15, 0.2) is 0 Å². The van der Waals surface area contributed by atoms with Crippen molar-refractivity contribution < 1.29 is 9.13 Å². The Hall–Kier alpha value is -0.985. The highest BCUT2D eigenvalue weighted by Crippen LogP contribution is 2.18. The molecular weight excluding hydrogens is 142 g/mol. The minimum atomic E-state index is -0.286. The molecule has 1 aromatic carbocycles.